The molecule has 0 spiro atoms. The summed E-state index contributed by atoms with van der Waals surface area (Å²) in [6.45, 7) is 15.3. The van der Waals surface area contributed by atoms with Crippen LogP contribution in [0, 0.1) is 18.8 Å². The molecule has 1 unspecified atom stereocenters. The Labute approximate surface area is 95.3 Å². The third kappa shape index (κ3) is 8.88. The number of hydrogen-bond donors (Lipinski definition) is 0. The van der Waals surface area contributed by atoms with Crippen LogP contribution in [0.5, 0.6) is 0 Å². The van der Waals surface area contributed by atoms with Gasteiger partial charge in [0.15, 0.2) is 6.29 Å². The maximum atomic E-state index is 5.78. The molecule has 0 aromatic rings. The van der Waals surface area contributed by atoms with Crippen molar-refractivity contribution in [2.45, 2.75) is 59.9 Å². The van der Waals surface area contributed by atoms with Crippen molar-refractivity contribution in [3.05, 3.63) is 6.92 Å². The summed E-state index contributed by atoms with van der Waals surface area (Å²) >= 11 is 0. The molecule has 0 aliphatic heterocycles. The topological polar surface area (TPSA) is 18.5 Å². The quantitative estimate of drug-likeness (QED) is 0.575. The van der Waals surface area contributed by atoms with E-state index in [2.05, 4.69) is 34.6 Å². The molecule has 0 bridgehead atoms. The molecule has 0 aliphatic rings. The van der Waals surface area contributed by atoms with Gasteiger partial charge < -0.3 is 9.47 Å². The van der Waals surface area contributed by atoms with Crippen LogP contribution >= 0.6 is 0 Å². The highest BCUT2D eigenvalue weighted by Crippen LogP contribution is 2.18. The van der Waals surface area contributed by atoms with E-state index < -0.39 is 0 Å². The Morgan fingerprint density at radius 3 is 1.80 bits per heavy atom. The standard InChI is InChI=1S/C13H27O2/c1-7-14-12(6)15-13(8-10(2)3)9-11(4)5/h10-13H,6-9H2,1-5H3. The van der Waals surface area contributed by atoms with Crippen LogP contribution in [-0.4, -0.2) is 19.0 Å². The van der Waals surface area contributed by atoms with Gasteiger partial charge in [-0.3, -0.25) is 0 Å². The molecule has 91 valence electrons. The minimum absolute atomic E-state index is 0.277. The zero-order chi connectivity index (χ0) is 11.8. The first-order valence-electron chi connectivity index (χ1n) is 6.05. The van der Waals surface area contributed by atoms with Crippen molar-refractivity contribution < 1.29 is 9.47 Å². The molecular weight excluding hydrogens is 188 g/mol. The normalized spacial score (nSPS) is 14.2. The predicted octanol–water partition coefficient (Wildman–Crippen LogP) is 3.66. The maximum Gasteiger partial charge on any atom is 0.158 e. The van der Waals surface area contributed by atoms with Crippen LogP contribution in [0.25, 0.3) is 0 Å². The summed E-state index contributed by atoms with van der Waals surface area (Å²) in [6.07, 6.45) is 2.12. The predicted molar refractivity (Wildman–Crippen MR) is 64.6 cm³/mol. The fourth-order valence-corrected chi connectivity index (χ4v) is 1.70. The first kappa shape index (κ1) is 14.9. The van der Waals surface area contributed by atoms with E-state index in [9.17, 15) is 0 Å². The molecule has 0 heterocycles. The highest BCUT2D eigenvalue weighted by atomic mass is 16.7. The summed E-state index contributed by atoms with van der Waals surface area (Å²) in [6, 6.07) is 0. The maximum absolute atomic E-state index is 5.78. The van der Waals surface area contributed by atoms with E-state index in [4.69, 9.17) is 9.47 Å². The Kier molecular flexibility index (Phi) is 8.07. The van der Waals surface area contributed by atoms with Crippen LogP contribution in [-0.2, 0) is 9.47 Å². The van der Waals surface area contributed by atoms with Crippen LogP contribution in [0.4, 0.5) is 0 Å². The largest absolute Gasteiger partial charge is 0.353 e. The average molecular weight is 215 g/mol. The second-order valence-corrected chi connectivity index (χ2v) is 4.90. The summed E-state index contributed by atoms with van der Waals surface area (Å²) in [5.74, 6) is 1.31. The zero-order valence-electron chi connectivity index (χ0n) is 11.0. The molecule has 0 aliphatic carbocycles. The monoisotopic (exact) mass is 215 g/mol. The van der Waals surface area contributed by atoms with E-state index in [0.29, 0.717) is 18.4 Å². The minimum atomic E-state index is -0.322. The molecule has 0 saturated carbocycles. The number of rotatable bonds is 8. The van der Waals surface area contributed by atoms with Gasteiger partial charge in [0.1, 0.15) is 0 Å². The van der Waals surface area contributed by atoms with Crippen molar-refractivity contribution in [3.8, 4) is 0 Å². The van der Waals surface area contributed by atoms with Crippen LogP contribution in [0.15, 0.2) is 0 Å². The number of ether oxygens (including phenoxy) is 2. The molecule has 0 amide bonds. The molecule has 2 heteroatoms. The molecule has 0 rings (SSSR count). The van der Waals surface area contributed by atoms with Crippen molar-refractivity contribution in [3.63, 3.8) is 0 Å². The van der Waals surface area contributed by atoms with Crippen molar-refractivity contribution in [1.29, 1.82) is 0 Å². The van der Waals surface area contributed by atoms with Gasteiger partial charge in [0.05, 0.1) is 6.10 Å². The Bertz CT molecular complexity index is 133. The van der Waals surface area contributed by atoms with E-state index in [1.54, 1.807) is 0 Å². The van der Waals surface area contributed by atoms with Crippen molar-refractivity contribution >= 4 is 0 Å². The van der Waals surface area contributed by atoms with Crippen LogP contribution in [0.3, 0.4) is 0 Å². The molecule has 0 N–H and O–H groups in total. The molecule has 0 fully saturated rings. The lowest BCUT2D eigenvalue weighted by molar-refractivity contribution is -0.149. The van der Waals surface area contributed by atoms with Crippen molar-refractivity contribution in [2.24, 2.45) is 11.8 Å². The van der Waals surface area contributed by atoms with Gasteiger partial charge in [0.25, 0.3) is 0 Å². The molecule has 0 saturated heterocycles. The highest BCUT2D eigenvalue weighted by molar-refractivity contribution is 4.65. The third-order valence-corrected chi connectivity index (χ3v) is 2.17. The SMILES string of the molecule is [CH2]C(OCC)OC(CC(C)C)CC(C)C. The van der Waals surface area contributed by atoms with Gasteiger partial charge in [-0.2, -0.15) is 0 Å². The van der Waals surface area contributed by atoms with Crippen LogP contribution in [0.1, 0.15) is 47.5 Å². The zero-order valence-corrected chi connectivity index (χ0v) is 11.0. The van der Waals surface area contributed by atoms with Crippen molar-refractivity contribution in [1.82, 2.24) is 0 Å². The van der Waals surface area contributed by atoms with Gasteiger partial charge in [-0.25, -0.2) is 0 Å². The summed E-state index contributed by atoms with van der Waals surface area (Å²) in [7, 11) is 0. The van der Waals surface area contributed by atoms with Gasteiger partial charge in [-0.1, -0.05) is 27.7 Å². The van der Waals surface area contributed by atoms with Gasteiger partial charge in [-0.05, 0) is 31.6 Å². The van der Waals surface area contributed by atoms with E-state index >= 15 is 0 Å². The lowest BCUT2D eigenvalue weighted by Gasteiger charge is -2.25. The van der Waals surface area contributed by atoms with E-state index in [1.807, 2.05) is 6.92 Å². The Hall–Kier alpha value is -0.0800. The smallest absolute Gasteiger partial charge is 0.158 e. The summed E-state index contributed by atoms with van der Waals surface area (Å²) in [5.41, 5.74) is 0. The fraction of sp³-hybridized carbons (Fsp3) is 0.923. The van der Waals surface area contributed by atoms with E-state index in [0.717, 1.165) is 12.8 Å². The van der Waals surface area contributed by atoms with Gasteiger partial charge in [0, 0.05) is 13.5 Å². The molecular formula is C13H27O2. The van der Waals surface area contributed by atoms with E-state index in [1.165, 1.54) is 0 Å². The average Bonchev–Trinajstić information content (AvgIpc) is 2.00. The lowest BCUT2D eigenvalue weighted by Crippen LogP contribution is -2.25. The van der Waals surface area contributed by atoms with Crippen molar-refractivity contribution in [2.75, 3.05) is 6.61 Å². The van der Waals surface area contributed by atoms with E-state index in [-0.39, 0.29) is 12.4 Å². The Morgan fingerprint density at radius 1 is 1.00 bits per heavy atom. The summed E-state index contributed by atoms with van der Waals surface area (Å²) in [5, 5.41) is 0. The fourth-order valence-electron chi connectivity index (χ4n) is 1.70. The first-order valence-corrected chi connectivity index (χ1v) is 6.05. The van der Waals surface area contributed by atoms with Crippen LogP contribution in [0.2, 0.25) is 0 Å². The molecule has 2 nitrogen and oxygen atoms in total. The van der Waals surface area contributed by atoms with Gasteiger partial charge in [-0.15, -0.1) is 0 Å². The first-order chi connectivity index (χ1) is 6.95. The Morgan fingerprint density at radius 2 is 1.47 bits per heavy atom. The molecule has 1 radical (unpaired) electrons. The molecule has 1 atom stereocenters. The second kappa shape index (κ2) is 8.12. The summed E-state index contributed by atoms with van der Waals surface area (Å²) in [4.78, 5) is 0. The lowest BCUT2D eigenvalue weighted by atomic mass is 9.98. The third-order valence-electron chi connectivity index (χ3n) is 2.17. The molecule has 15 heavy (non-hydrogen) atoms. The Balaban J connectivity index is 3.99. The molecule has 0 aromatic carbocycles. The minimum Gasteiger partial charge on any atom is -0.353 e. The van der Waals surface area contributed by atoms with Gasteiger partial charge in [0.2, 0.25) is 0 Å². The van der Waals surface area contributed by atoms with Gasteiger partial charge >= 0.3 is 0 Å². The molecule has 0 aromatic heterocycles. The highest BCUT2D eigenvalue weighted by Gasteiger charge is 2.16. The summed E-state index contributed by atoms with van der Waals surface area (Å²) < 4.78 is 11.1. The number of hydrogen-bond acceptors (Lipinski definition) is 2. The second-order valence-electron chi connectivity index (χ2n) is 4.90. The van der Waals surface area contributed by atoms with Crippen LogP contribution < -0.4 is 0 Å².